The molecule has 0 spiro atoms. The Bertz CT molecular complexity index is 990. The number of aromatic nitrogens is 2. The summed E-state index contributed by atoms with van der Waals surface area (Å²) in [4.78, 5) is 23.8. The van der Waals surface area contributed by atoms with E-state index in [0.717, 1.165) is 17.0 Å². The molecular formula is C19H19N3O4. The molecule has 2 heterocycles. The number of ether oxygens (including phenoxy) is 1. The van der Waals surface area contributed by atoms with E-state index < -0.39 is 5.91 Å². The lowest BCUT2D eigenvalue weighted by Gasteiger charge is -2.11. The van der Waals surface area contributed by atoms with Gasteiger partial charge in [0.15, 0.2) is 11.2 Å². The standard InChI is InChI=1S/C19H19N3O4/c1-12-7-16(23)9-18(26-12)19(24)21-13(2)14-10-20-22(11-14)15-5-4-6-17(8-15)25-3/h4-11,13H,1-3H3,(H,21,24). The predicted molar refractivity (Wildman–Crippen MR) is 95.7 cm³/mol. The number of carbonyl (C=O) groups is 1. The summed E-state index contributed by atoms with van der Waals surface area (Å²) in [6, 6.07) is 9.69. The minimum absolute atomic E-state index is 0.0120. The molecule has 2 aromatic heterocycles. The van der Waals surface area contributed by atoms with Crippen molar-refractivity contribution in [3.8, 4) is 11.4 Å². The summed E-state index contributed by atoms with van der Waals surface area (Å²) >= 11 is 0. The number of carbonyl (C=O) groups excluding carboxylic acids is 1. The van der Waals surface area contributed by atoms with Crippen molar-refractivity contribution in [2.45, 2.75) is 19.9 Å². The van der Waals surface area contributed by atoms with Gasteiger partial charge in [0.2, 0.25) is 0 Å². The second-order valence-electron chi connectivity index (χ2n) is 5.88. The number of benzene rings is 1. The molecule has 0 saturated heterocycles. The number of aryl methyl sites for hydroxylation is 1. The van der Waals surface area contributed by atoms with Gasteiger partial charge in [-0.1, -0.05) is 6.07 Å². The largest absolute Gasteiger partial charge is 0.497 e. The third kappa shape index (κ3) is 3.83. The average Bonchev–Trinajstić information content (AvgIpc) is 3.11. The first-order chi connectivity index (χ1) is 12.5. The van der Waals surface area contributed by atoms with E-state index in [1.807, 2.05) is 37.4 Å². The Kier molecular flexibility index (Phi) is 4.88. The first-order valence-corrected chi connectivity index (χ1v) is 8.08. The first-order valence-electron chi connectivity index (χ1n) is 8.08. The molecule has 134 valence electrons. The van der Waals surface area contributed by atoms with Gasteiger partial charge in [0.05, 0.1) is 25.0 Å². The van der Waals surface area contributed by atoms with Crippen molar-refractivity contribution in [1.29, 1.82) is 0 Å². The zero-order chi connectivity index (χ0) is 18.7. The van der Waals surface area contributed by atoms with Gasteiger partial charge in [-0.25, -0.2) is 4.68 Å². The Labute approximate surface area is 150 Å². The number of nitrogens with zero attached hydrogens (tertiary/aromatic N) is 2. The Morgan fingerprint density at radius 1 is 1.31 bits per heavy atom. The third-order valence-electron chi connectivity index (χ3n) is 3.88. The summed E-state index contributed by atoms with van der Waals surface area (Å²) in [5.41, 5.74) is 1.40. The Balaban J connectivity index is 1.76. The van der Waals surface area contributed by atoms with Gasteiger partial charge < -0.3 is 14.5 Å². The fraction of sp³-hybridized carbons (Fsp3) is 0.211. The van der Waals surface area contributed by atoms with Crippen LogP contribution in [0.2, 0.25) is 0 Å². The maximum atomic E-state index is 12.3. The first kappa shape index (κ1) is 17.5. The lowest BCUT2D eigenvalue weighted by Crippen LogP contribution is -2.27. The van der Waals surface area contributed by atoms with E-state index in [-0.39, 0.29) is 17.2 Å². The van der Waals surface area contributed by atoms with Gasteiger partial charge in [0, 0.05) is 30.0 Å². The minimum Gasteiger partial charge on any atom is -0.497 e. The third-order valence-corrected chi connectivity index (χ3v) is 3.88. The Morgan fingerprint density at radius 3 is 2.85 bits per heavy atom. The minimum atomic E-state index is -0.451. The molecule has 0 bridgehead atoms. The van der Waals surface area contributed by atoms with Crippen LogP contribution in [0, 0.1) is 6.92 Å². The van der Waals surface area contributed by atoms with Crippen molar-refractivity contribution in [2.24, 2.45) is 0 Å². The van der Waals surface area contributed by atoms with Gasteiger partial charge in [-0.2, -0.15) is 5.10 Å². The highest BCUT2D eigenvalue weighted by atomic mass is 16.5. The molecule has 1 amide bonds. The lowest BCUT2D eigenvalue weighted by molar-refractivity contribution is 0.0907. The van der Waals surface area contributed by atoms with Crippen molar-refractivity contribution >= 4 is 5.91 Å². The molecule has 0 aliphatic heterocycles. The van der Waals surface area contributed by atoms with Crippen LogP contribution in [-0.2, 0) is 0 Å². The molecule has 0 radical (unpaired) electrons. The molecule has 0 fully saturated rings. The van der Waals surface area contributed by atoms with Crippen molar-refractivity contribution in [3.63, 3.8) is 0 Å². The topological polar surface area (TPSA) is 86.4 Å². The zero-order valence-electron chi connectivity index (χ0n) is 14.7. The summed E-state index contributed by atoms with van der Waals surface area (Å²) in [6.07, 6.45) is 3.50. The molecule has 3 rings (SSSR count). The SMILES string of the molecule is COc1cccc(-n2cc(C(C)NC(=O)c3cc(=O)cc(C)o3)cn2)c1. The molecule has 26 heavy (non-hydrogen) atoms. The molecule has 1 N–H and O–H groups in total. The van der Waals surface area contributed by atoms with Crippen molar-refractivity contribution in [2.75, 3.05) is 7.11 Å². The number of nitrogens with one attached hydrogen (secondary N) is 1. The molecule has 7 heteroatoms. The summed E-state index contributed by atoms with van der Waals surface area (Å²) < 4.78 is 12.2. The number of rotatable bonds is 5. The normalized spacial score (nSPS) is 11.8. The molecule has 0 aliphatic rings. The molecule has 0 saturated carbocycles. The lowest BCUT2D eigenvalue weighted by atomic mass is 10.2. The Hall–Kier alpha value is -3.35. The average molecular weight is 353 g/mol. The van der Waals surface area contributed by atoms with E-state index in [4.69, 9.17) is 9.15 Å². The molecule has 3 aromatic rings. The van der Waals surface area contributed by atoms with E-state index in [1.165, 1.54) is 12.1 Å². The van der Waals surface area contributed by atoms with E-state index in [0.29, 0.717) is 5.76 Å². The summed E-state index contributed by atoms with van der Waals surface area (Å²) in [7, 11) is 1.61. The monoisotopic (exact) mass is 353 g/mol. The van der Waals surface area contributed by atoms with Crippen LogP contribution in [0.3, 0.4) is 0 Å². The van der Waals surface area contributed by atoms with E-state index in [1.54, 1.807) is 24.9 Å². The number of methoxy groups -OCH3 is 1. The van der Waals surface area contributed by atoms with Crippen LogP contribution >= 0.6 is 0 Å². The molecule has 7 nitrogen and oxygen atoms in total. The van der Waals surface area contributed by atoms with Crippen LogP contribution in [0.15, 0.2) is 58.0 Å². The summed E-state index contributed by atoms with van der Waals surface area (Å²) in [6.45, 7) is 3.46. The second kappa shape index (κ2) is 7.26. The van der Waals surface area contributed by atoms with Gasteiger partial charge in [-0.05, 0) is 26.0 Å². The zero-order valence-corrected chi connectivity index (χ0v) is 14.7. The number of amides is 1. The van der Waals surface area contributed by atoms with E-state index in [2.05, 4.69) is 10.4 Å². The summed E-state index contributed by atoms with van der Waals surface area (Å²) in [5, 5.41) is 7.13. The highest BCUT2D eigenvalue weighted by molar-refractivity contribution is 5.91. The number of hydrogen-bond donors (Lipinski definition) is 1. The van der Waals surface area contributed by atoms with Gasteiger partial charge in [0.25, 0.3) is 5.91 Å². The van der Waals surface area contributed by atoms with Gasteiger partial charge in [-0.15, -0.1) is 0 Å². The van der Waals surface area contributed by atoms with Crippen LogP contribution in [-0.4, -0.2) is 22.8 Å². The fourth-order valence-corrected chi connectivity index (χ4v) is 2.52. The van der Waals surface area contributed by atoms with Crippen LogP contribution in [0.4, 0.5) is 0 Å². The van der Waals surface area contributed by atoms with Crippen LogP contribution in [0.5, 0.6) is 5.75 Å². The highest BCUT2D eigenvalue weighted by Gasteiger charge is 2.16. The van der Waals surface area contributed by atoms with Gasteiger partial charge >= 0.3 is 0 Å². The highest BCUT2D eigenvalue weighted by Crippen LogP contribution is 2.18. The van der Waals surface area contributed by atoms with Crippen LogP contribution < -0.4 is 15.5 Å². The van der Waals surface area contributed by atoms with Crippen molar-refractivity contribution in [1.82, 2.24) is 15.1 Å². The second-order valence-corrected chi connectivity index (χ2v) is 5.88. The smallest absolute Gasteiger partial charge is 0.287 e. The molecule has 0 aliphatic carbocycles. The molecular weight excluding hydrogens is 334 g/mol. The fourth-order valence-electron chi connectivity index (χ4n) is 2.52. The van der Waals surface area contributed by atoms with E-state index in [9.17, 15) is 9.59 Å². The quantitative estimate of drug-likeness (QED) is 0.762. The van der Waals surface area contributed by atoms with Crippen molar-refractivity contribution < 1.29 is 13.9 Å². The molecule has 1 unspecified atom stereocenters. The Morgan fingerprint density at radius 2 is 2.12 bits per heavy atom. The number of hydrogen-bond acceptors (Lipinski definition) is 5. The van der Waals surface area contributed by atoms with Crippen LogP contribution in [0.25, 0.3) is 5.69 Å². The van der Waals surface area contributed by atoms with Crippen molar-refractivity contribution in [3.05, 3.63) is 76.1 Å². The van der Waals surface area contributed by atoms with Gasteiger partial charge in [0.1, 0.15) is 11.5 Å². The predicted octanol–water partition coefficient (Wildman–Crippen LogP) is 2.63. The summed E-state index contributed by atoms with van der Waals surface area (Å²) in [5.74, 6) is 0.658. The molecule has 1 aromatic carbocycles. The van der Waals surface area contributed by atoms with Gasteiger partial charge in [-0.3, -0.25) is 9.59 Å². The van der Waals surface area contributed by atoms with E-state index >= 15 is 0 Å². The maximum Gasteiger partial charge on any atom is 0.287 e. The molecule has 1 atom stereocenters. The van der Waals surface area contributed by atoms with Crippen LogP contribution in [0.1, 0.15) is 34.8 Å². The maximum absolute atomic E-state index is 12.3.